The molecule has 1 aliphatic carbocycles. The summed E-state index contributed by atoms with van der Waals surface area (Å²) in [6.45, 7) is 10.9. The first-order valence-electron chi connectivity index (χ1n) is 10.4. The second-order valence-electron chi connectivity index (χ2n) is 8.72. The van der Waals surface area contributed by atoms with Crippen molar-refractivity contribution < 1.29 is 9.90 Å². The zero-order valence-corrected chi connectivity index (χ0v) is 16.2. The minimum Gasteiger partial charge on any atom is -0.396 e. The number of hydrogen-bond donors (Lipinski definition) is 1. The fraction of sp³-hybridized carbons (Fsp3) is 0.950. The van der Waals surface area contributed by atoms with E-state index in [0.29, 0.717) is 23.9 Å². The fourth-order valence-electron chi connectivity index (χ4n) is 4.46. The molecule has 144 valence electrons. The average molecular weight is 352 g/mol. The van der Waals surface area contributed by atoms with Gasteiger partial charge in [0.15, 0.2) is 0 Å². The number of nitrogens with zero attached hydrogens (tertiary/aromatic N) is 3. The lowest BCUT2D eigenvalue weighted by molar-refractivity contribution is -0.136. The molecule has 0 aromatic carbocycles. The van der Waals surface area contributed by atoms with Gasteiger partial charge in [0.25, 0.3) is 0 Å². The standard InChI is InChI=1S/C20H37N3O2/c1-16(2)21-8-5-17(6-9-21)13-20(25)23-11-10-22(14-18-3-4-18)19(15-23)7-12-24/h16-19,24H,3-15H2,1-2H3/t19-/m0/s1. The Labute approximate surface area is 153 Å². The SMILES string of the molecule is CC(C)N1CCC(CC(=O)N2CCN(CC3CC3)[C@@H](CCO)C2)CC1. The molecule has 1 saturated carbocycles. The number of carbonyl (C=O) groups is 1. The first-order chi connectivity index (χ1) is 12.1. The zero-order valence-electron chi connectivity index (χ0n) is 16.2. The normalized spacial score (nSPS) is 27.2. The van der Waals surface area contributed by atoms with Crippen molar-refractivity contribution in [1.29, 1.82) is 0 Å². The Bertz CT molecular complexity index is 431. The van der Waals surface area contributed by atoms with Crippen LogP contribution in [-0.4, -0.2) is 83.7 Å². The number of rotatable bonds is 7. The van der Waals surface area contributed by atoms with E-state index in [4.69, 9.17) is 0 Å². The Balaban J connectivity index is 1.45. The Hall–Kier alpha value is -0.650. The Morgan fingerprint density at radius 1 is 1.04 bits per heavy atom. The van der Waals surface area contributed by atoms with Gasteiger partial charge in [-0.25, -0.2) is 0 Å². The van der Waals surface area contributed by atoms with Gasteiger partial charge in [0.1, 0.15) is 0 Å². The van der Waals surface area contributed by atoms with Gasteiger partial charge in [-0.05, 0) is 70.9 Å². The van der Waals surface area contributed by atoms with Crippen LogP contribution in [0.2, 0.25) is 0 Å². The van der Waals surface area contributed by atoms with Crippen LogP contribution < -0.4 is 0 Å². The van der Waals surface area contributed by atoms with E-state index in [1.165, 1.54) is 19.4 Å². The van der Waals surface area contributed by atoms with E-state index >= 15 is 0 Å². The lowest BCUT2D eigenvalue weighted by Gasteiger charge is -2.42. The number of piperazine rings is 1. The van der Waals surface area contributed by atoms with E-state index in [0.717, 1.165) is 64.3 Å². The third-order valence-corrected chi connectivity index (χ3v) is 6.45. The molecule has 5 heteroatoms. The van der Waals surface area contributed by atoms with E-state index in [1.807, 2.05) is 0 Å². The van der Waals surface area contributed by atoms with E-state index in [2.05, 4.69) is 28.5 Å². The van der Waals surface area contributed by atoms with E-state index in [1.54, 1.807) is 0 Å². The molecule has 2 aliphatic heterocycles. The van der Waals surface area contributed by atoms with E-state index in [9.17, 15) is 9.90 Å². The molecule has 5 nitrogen and oxygen atoms in total. The van der Waals surface area contributed by atoms with Crippen LogP contribution in [0.5, 0.6) is 0 Å². The molecule has 0 unspecified atom stereocenters. The minimum absolute atomic E-state index is 0.224. The van der Waals surface area contributed by atoms with Crippen molar-refractivity contribution in [2.24, 2.45) is 11.8 Å². The molecular weight excluding hydrogens is 314 g/mol. The highest BCUT2D eigenvalue weighted by Crippen LogP contribution is 2.31. The molecule has 0 radical (unpaired) electrons. The number of aliphatic hydroxyl groups excluding tert-OH is 1. The summed E-state index contributed by atoms with van der Waals surface area (Å²) < 4.78 is 0. The van der Waals surface area contributed by atoms with E-state index in [-0.39, 0.29) is 6.61 Å². The van der Waals surface area contributed by atoms with E-state index < -0.39 is 0 Å². The summed E-state index contributed by atoms with van der Waals surface area (Å²) in [7, 11) is 0. The second kappa shape index (κ2) is 8.83. The molecule has 3 rings (SSSR count). The molecule has 2 heterocycles. The van der Waals surface area contributed by atoms with Gasteiger partial charge in [0, 0.05) is 51.3 Å². The molecule has 0 spiro atoms. The van der Waals surface area contributed by atoms with Crippen LogP contribution >= 0.6 is 0 Å². The first kappa shape index (κ1) is 19.1. The highest BCUT2D eigenvalue weighted by atomic mass is 16.3. The highest BCUT2D eigenvalue weighted by Gasteiger charge is 2.34. The van der Waals surface area contributed by atoms with Gasteiger partial charge in [-0.15, -0.1) is 0 Å². The zero-order chi connectivity index (χ0) is 17.8. The summed E-state index contributed by atoms with van der Waals surface area (Å²) in [6.07, 6.45) is 6.56. The van der Waals surface area contributed by atoms with Gasteiger partial charge in [-0.1, -0.05) is 0 Å². The Kier molecular flexibility index (Phi) is 6.75. The molecule has 1 amide bonds. The van der Waals surface area contributed by atoms with Crippen molar-refractivity contribution in [1.82, 2.24) is 14.7 Å². The number of amides is 1. The summed E-state index contributed by atoms with van der Waals surface area (Å²) in [4.78, 5) is 19.9. The average Bonchev–Trinajstić information content (AvgIpc) is 3.41. The molecule has 0 bridgehead atoms. The van der Waals surface area contributed by atoms with Gasteiger partial charge in [0.05, 0.1) is 0 Å². The predicted octanol–water partition coefficient (Wildman–Crippen LogP) is 1.80. The monoisotopic (exact) mass is 351 g/mol. The highest BCUT2D eigenvalue weighted by molar-refractivity contribution is 5.76. The van der Waals surface area contributed by atoms with Crippen LogP contribution in [0.1, 0.15) is 52.4 Å². The summed E-state index contributed by atoms with van der Waals surface area (Å²) in [5.41, 5.74) is 0. The molecule has 1 N–H and O–H groups in total. The minimum atomic E-state index is 0.224. The molecular formula is C20H37N3O2. The third kappa shape index (κ3) is 5.41. The molecule has 25 heavy (non-hydrogen) atoms. The maximum absolute atomic E-state index is 12.8. The molecule has 2 saturated heterocycles. The predicted molar refractivity (Wildman–Crippen MR) is 100 cm³/mol. The van der Waals surface area contributed by atoms with Crippen molar-refractivity contribution in [2.45, 2.75) is 64.5 Å². The van der Waals surface area contributed by atoms with Crippen LogP contribution in [0.25, 0.3) is 0 Å². The first-order valence-corrected chi connectivity index (χ1v) is 10.4. The van der Waals surface area contributed by atoms with Crippen LogP contribution in [0.4, 0.5) is 0 Å². The van der Waals surface area contributed by atoms with Crippen LogP contribution in [0, 0.1) is 11.8 Å². The van der Waals surface area contributed by atoms with Crippen LogP contribution in [-0.2, 0) is 4.79 Å². The topological polar surface area (TPSA) is 47.0 Å². The van der Waals surface area contributed by atoms with Gasteiger partial charge >= 0.3 is 0 Å². The van der Waals surface area contributed by atoms with Gasteiger partial charge in [-0.2, -0.15) is 0 Å². The smallest absolute Gasteiger partial charge is 0.222 e. The number of likely N-dealkylation sites (tertiary alicyclic amines) is 1. The van der Waals surface area contributed by atoms with Crippen molar-refractivity contribution in [3.63, 3.8) is 0 Å². The molecule has 1 atom stereocenters. The number of hydrogen-bond acceptors (Lipinski definition) is 4. The van der Waals surface area contributed by atoms with Crippen molar-refractivity contribution in [3.05, 3.63) is 0 Å². The molecule has 0 aromatic rings. The number of aliphatic hydroxyl groups is 1. The van der Waals surface area contributed by atoms with Crippen LogP contribution in [0.3, 0.4) is 0 Å². The lowest BCUT2D eigenvalue weighted by Crippen LogP contribution is -2.55. The number of piperidine rings is 1. The summed E-state index contributed by atoms with van der Waals surface area (Å²) >= 11 is 0. The Morgan fingerprint density at radius 3 is 2.36 bits per heavy atom. The van der Waals surface area contributed by atoms with Crippen molar-refractivity contribution in [2.75, 3.05) is 45.9 Å². The lowest BCUT2D eigenvalue weighted by atomic mass is 9.92. The Morgan fingerprint density at radius 2 is 1.76 bits per heavy atom. The molecule has 3 aliphatic rings. The van der Waals surface area contributed by atoms with Gasteiger partial charge < -0.3 is 14.9 Å². The number of carbonyl (C=O) groups excluding carboxylic acids is 1. The largest absolute Gasteiger partial charge is 0.396 e. The third-order valence-electron chi connectivity index (χ3n) is 6.45. The summed E-state index contributed by atoms with van der Waals surface area (Å²) in [5.74, 6) is 1.77. The van der Waals surface area contributed by atoms with Crippen molar-refractivity contribution >= 4 is 5.91 Å². The maximum Gasteiger partial charge on any atom is 0.222 e. The van der Waals surface area contributed by atoms with Gasteiger partial charge in [0.2, 0.25) is 5.91 Å². The maximum atomic E-state index is 12.8. The van der Waals surface area contributed by atoms with Crippen molar-refractivity contribution in [3.8, 4) is 0 Å². The molecule has 0 aromatic heterocycles. The second-order valence-corrected chi connectivity index (χ2v) is 8.72. The summed E-state index contributed by atoms with van der Waals surface area (Å²) in [5, 5.41) is 9.41. The molecule has 3 fully saturated rings. The summed E-state index contributed by atoms with van der Waals surface area (Å²) in [6, 6.07) is 0.974. The quantitative estimate of drug-likeness (QED) is 0.760. The van der Waals surface area contributed by atoms with Gasteiger partial charge in [-0.3, -0.25) is 9.69 Å². The van der Waals surface area contributed by atoms with Crippen LogP contribution in [0.15, 0.2) is 0 Å². The fourth-order valence-corrected chi connectivity index (χ4v) is 4.46.